The Morgan fingerprint density at radius 1 is 1.40 bits per heavy atom. The van der Waals surface area contributed by atoms with Crippen molar-refractivity contribution in [2.75, 3.05) is 0 Å². The van der Waals surface area contributed by atoms with Crippen LogP contribution in [-0.2, 0) is 23.9 Å². The van der Waals surface area contributed by atoms with Crippen LogP contribution in [0, 0.1) is 0 Å². The van der Waals surface area contributed by atoms with E-state index < -0.39 is 29.9 Å². The molecular weight excluding hydrogens is 335 g/mol. The fourth-order valence-corrected chi connectivity index (χ4v) is 3.25. The Labute approximate surface area is 142 Å². The zero-order valence-corrected chi connectivity index (χ0v) is 13.5. The summed E-state index contributed by atoms with van der Waals surface area (Å²) < 4.78 is 41.5. The summed E-state index contributed by atoms with van der Waals surface area (Å²) in [5.41, 5.74) is -1.36. The van der Waals surface area contributed by atoms with Gasteiger partial charge in [0.1, 0.15) is 0 Å². The molecule has 3 rings (SSSR count). The second-order valence-electron chi connectivity index (χ2n) is 6.25. The molecule has 5 nitrogen and oxygen atoms in total. The molecule has 2 N–H and O–H groups in total. The largest absolute Gasteiger partial charge is 0.425 e. The zero-order valence-electron chi connectivity index (χ0n) is 13.5. The molecule has 1 aliphatic rings. The maximum Gasteiger partial charge on any atom is 0.425 e. The first-order chi connectivity index (χ1) is 11.7. The topological polar surface area (TPSA) is 67.1 Å². The van der Waals surface area contributed by atoms with Gasteiger partial charge >= 0.3 is 6.18 Å². The van der Waals surface area contributed by atoms with Crippen LogP contribution in [0.15, 0.2) is 36.7 Å². The second kappa shape index (κ2) is 6.18. The number of nitrogens with zero attached hydrogens (tertiary/aromatic N) is 2. The SMILES string of the molecule is Cn1ccnc1[C@](O)(CC(=O)N[C@H]1CCc2ccccc21)C(F)(F)F. The maximum absolute atomic E-state index is 13.5. The third-order valence-corrected chi connectivity index (χ3v) is 4.54. The first kappa shape index (κ1) is 17.5. The van der Waals surface area contributed by atoms with Crippen molar-refractivity contribution in [3.8, 4) is 0 Å². The molecule has 25 heavy (non-hydrogen) atoms. The Morgan fingerprint density at radius 3 is 2.76 bits per heavy atom. The molecule has 1 aromatic heterocycles. The summed E-state index contributed by atoms with van der Waals surface area (Å²) in [7, 11) is 1.34. The Morgan fingerprint density at radius 2 is 2.12 bits per heavy atom. The van der Waals surface area contributed by atoms with E-state index in [1.165, 1.54) is 13.2 Å². The minimum absolute atomic E-state index is 0.345. The van der Waals surface area contributed by atoms with Crippen LogP contribution in [0.2, 0.25) is 0 Å². The molecule has 1 aromatic carbocycles. The molecule has 2 aromatic rings. The summed E-state index contributed by atoms with van der Waals surface area (Å²) >= 11 is 0. The predicted molar refractivity (Wildman–Crippen MR) is 83.4 cm³/mol. The maximum atomic E-state index is 13.5. The standard InChI is InChI=1S/C17H18F3N3O2/c1-23-9-8-21-15(23)16(25,17(18,19)20)10-14(24)22-13-7-6-11-4-2-3-5-12(11)13/h2-5,8-9,13,25H,6-7,10H2,1H3,(H,22,24)/t13-,16+/m0/s1. The summed E-state index contributed by atoms with van der Waals surface area (Å²) in [4.78, 5) is 15.9. The summed E-state index contributed by atoms with van der Waals surface area (Å²) in [5.74, 6) is -1.48. The lowest BCUT2D eigenvalue weighted by Gasteiger charge is -2.29. The number of hydrogen-bond donors (Lipinski definition) is 2. The van der Waals surface area contributed by atoms with Crippen molar-refractivity contribution in [1.29, 1.82) is 0 Å². The van der Waals surface area contributed by atoms with E-state index in [2.05, 4.69) is 10.3 Å². The molecule has 1 aliphatic carbocycles. The summed E-state index contributed by atoms with van der Waals surface area (Å²) in [6, 6.07) is 7.14. The molecule has 8 heteroatoms. The van der Waals surface area contributed by atoms with E-state index in [-0.39, 0.29) is 6.04 Å². The number of benzene rings is 1. The van der Waals surface area contributed by atoms with Crippen molar-refractivity contribution in [3.05, 3.63) is 53.6 Å². The summed E-state index contributed by atoms with van der Waals surface area (Å²) in [6.07, 6.45) is -2.35. The third kappa shape index (κ3) is 3.13. The first-order valence-electron chi connectivity index (χ1n) is 7.86. The van der Waals surface area contributed by atoms with Gasteiger partial charge in [0.05, 0.1) is 12.5 Å². The third-order valence-electron chi connectivity index (χ3n) is 4.54. The van der Waals surface area contributed by atoms with Gasteiger partial charge in [-0.15, -0.1) is 0 Å². The van der Waals surface area contributed by atoms with Crippen molar-refractivity contribution >= 4 is 5.91 Å². The van der Waals surface area contributed by atoms with Crippen molar-refractivity contribution < 1.29 is 23.1 Å². The van der Waals surface area contributed by atoms with Gasteiger partial charge in [-0.3, -0.25) is 4.79 Å². The minimum Gasteiger partial charge on any atom is -0.374 e. The second-order valence-corrected chi connectivity index (χ2v) is 6.25. The summed E-state index contributed by atoms with van der Waals surface area (Å²) in [6.45, 7) is 0. The number of hydrogen-bond acceptors (Lipinski definition) is 3. The van der Waals surface area contributed by atoms with Gasteiger partial charge in [-0.05, 0) is 24.0 Å². The molecule has 134 valence electrons. The van der Waals surface area contributed by atoms with E-state index in [0.29, 0.717) is 6.42 Å². The minimum atomic E-state index is -5.03. The molecule has 2 atom stereocenters. The fourth-order valence-electron chi connectivity index (χ4n) is 3.25. The number of halogens is 3. The average Bonchev–Trinajstić information content (AvgIpc) is 3.13. The van der Waals surface area contributed by atoms with Gasteiger partial charge in [0.2, 0.25) is 11.5 Å². The predicted octanol–water partition coefficient (Wildman–Crippen LogP) is 2.36. The fraction of sp³-hybridized carbons (Fsp3) is 0.412. The highest BCUT2D eigenvalue weighted by atomic mass is 19.4. The molecular formula is C17H18F3N3O2. The van der Waals surface area contributed by atoms with Crippen LogP contribution in [-0.4, -0.2) is 26.7 Å². The number of rotatable bonds is 4. The van der Waals surface area contributed by atoms with Crippen molar-refractivity contribution in [3.63, 3.8) is 0 Å². The van der Waals surface area contributed by atoms with Crippen molar-refractivity contribution in [2.45, 2.75) is 37.1 Å². The smallest absolute Gasteiger partial charge is 0.374 e. The molecule has 1 amide bonds. The van der Waals surface area contributed by atoms with Crippen LogP contribution in [0.25, 0.3) is 0 Å². The highest BCUT2D eigenvalue weighted by molar-refractivity contribution is 5.78. The van der Waals surface area contributed by atoms with Crippen molar-refractivity contribution in [2.24, 2.45) is 7.05 Å². The van der Waals surface area contributed by atoms with E-state index in [1.54, 1.807) is 0 Å². The lowest BCUT2D eigenvalue weighted by Crippen LogP contribution is -2.48. The van der Waals surface area contributed by atoms with Gasteiger partial charge in [-0.1, -0.05) is 24.3 Å². The number of carbonyl (C=O) groups excluding carboxylic acids is 1. The lowest BCUT2D eigenvalue weighted by atomic mass is 9.96. The van der Waals surface area contributed by atoms with Gasteiger partial charge in [0.15, 0.2) is 5.82 Å². The Bertz CT molecular complexity index is 787. The van der Waals surface area contributed by atoms with Crippen LogP contribution in [0.4, 0.5) is 13.2 Å². The molecule has 0 saturated heterocycles. The van der Waals surface area contributed by atoms with Gasteiger partial charge in [-0.2, -0.15) is 13.2 Å². The van der Waals surface area contributed by atoms with Gasteiger partial charge in [0.25, 0.3) is 0 Å². The number of aryl methyl sites for hydroxylation is 2. The number of amides is 1. The number of aliphatic hydroxyl groups is 1. The quantitative estimate of drug-likeness (QED) is 0.887. The van der Waals surface area contributed by atoms with E-state index in [0.717, 1.165) is 28.3 Å². The van der Waals surface area contributed by atoms with E-state index in [9.17, 15) is 23.1 Å². The average molecular weight is 353 g/mol. The van der Waals surface area contributed by atoms with E-state index in [1.807, 2.05) is 24.3 Å². The van der Waals surface area contributed by atoms with Crippen LogP contribution in [0.3, 0.4) is 0 Å². The van der Waals surface area contributed by atoms with Gasteiger partial charge in [-0.25, -0.2) is 4.98 Å². The monoisotopic (exact) mass is 353 g/mol. The van der Waals surface area contributed by atoms with E-state index >= 15 is 0 Å². The molecule has 0 saturated carbocycles. The molecule has 0 spiro atoms. The number of alkyl halides is 3. The summed E-state index contributed by atoms with van der Waals surface area (Å²) in [5, 5.41) is 12.9. The molecule has 1 heterocycles. The molecule has 0 radical (unpaired) electrons. The Balaban J connectivity index is 1.80. The highest BCUT2D eigenvalue weighted by Crippen LogP contribution is 2.41. The first-order valence-corrected chi connectivity index (χ1v) is 7.86. The van der Waals surface area contributed by atoms with Crippen LogP contribution >= 0.6 is 0 Å². The lowest BCUT2D eigenvalue weighted by molar-refractivity contribution is -0.271. The number of imidazole rings is 1. The van der Waals surface area contributed by atoms with E-state index in [4.69, 9.17) is 0 Å². The van der Waals surface area contributed by atoms with Gasteiger partial charge in [0, 0.05) is 19.4 Å². The number of nitrogens with one attached hydrogen (secondary N) is 1. The molecule has 0 unspecified atom stereocenters. The number of fused-ring (bicyclic) bond motifs is 1. The normalized spacial score (nSPS) is 19.3. The Kier molecular flexibility index (Phi) is 4.32. The highest BCUT2D eigenvalue weighted by Gasteiger charge is 2.58. The van der Waals surface area contributed by atoms with Crippen molar-refractivity contribution in [1.82, 2.24) is 14.9 Å². The van der Waals surface area contributed by atoms with Gasteiger partial charge < -0.3 is 15.0 Å². The number of aromatic nitrogens is 2. The Hall–Kier alpha value is -2.35. The molecule has 0 fully saturated rings. The number of carbonyl (C=O) groups is 1. The van der Waals surface area contributed by atoms with Crippen LogP contribution in [0.5, 0.6) is 0 Å². The van der Waals surface area contributed by atoms with Crippen LogP contribution in [0.1, 0.15) is 35.8 Å². The van der Waals surface area contributed by atoms with Crippen LogP contribution < -0.4 is 5.32 Å². The zero-order chi connectivity index (χ0) is 18.2. The molecule has 0 bridgehead atoms. The molecule has 0 aliphatic heterocycles.